The summed E-state index contributed by atoms with van der Waals surface area (Å²) in [4.78, 5) is 37.4. The molecule has 1 saturated heterocycles. The Bertz CT molecular complexity index is 869. The Morgan fingerprint density at radius 3 is 2.52 bits per heavy atom. The first kappa shape index (κ1) is 17.4. The topological polar surface area (TPSA) is 104 Å². The minimum Gasteiger partial charge on any atom is -0.362 e. The normalized spacial score (nSPS) is 18.5. The van der Waals surface area contributed by atoms with Crippen LogP contribution in [0.3, 0.4) is 0 Å². The largest absolute Gasteiger partial charge is 0.362 e. The minimum atomic E-state index is -0.406. The van der Waals surface area contributed by atoms with Gasteiger partial charge in [-0.1, -0.05) is 12.1 Å². The number of anilines is 2. The molecule has 8 nitrogen and oxygen atoms in total. The van der Waals surface area contributed by atoms with Gasteiger partial charge < -0.3 is 10.1 Å². The number of carbonyl (C=O) groups is 3. The fourth-order valence-corrected chi connectivity index (χ4v) is 3.08. The van der Waals surface area contributed by atoms with Crippen LogP contribution in [0, 0.1) is 0 Å². The Balaban J connectivity index is 1.43. The summed E-state index contributed by atoms with van der Waals surface area (Å²) in [7, 11) is 0. The molecule has 2 aliphatic rings. The molecule has 2 fully saturated rings. The van der Waals surface area contributed by atoms with E-state index in [1.54, 1.807) is 31.2 Å². The van der Waals surface area contributed by atoms with Crippen LogP contribution < -0.4 is 10.2 Å². The maximum atomic E-state index is 12.5. The molecule has 2 aromatic rings. The lowest BCUT2D eigenvalue weighted by Gasteiger charge is -2.25. The molecule has 2 heterocycles. The number of benzene rings is 1. The van der Waals surface area contributed by atoms with Crippen LogP contribution in [0.5, 0.6) is 0 Å². The van der Waals surface area contributed by atoms with Gasteiger partial charge in [-0.25, -0.2) is 4.90 Å². The fourth-order valence-electron chi connectivity index (χ4n) is 3.08. The monoisotopic (exact) mass is 368 g/mol. The van der Waals surface area contributed by atoms with Gasteiger partial charge in [-0.05, 0) is 37.5 Å². The van der Waals surface area contributed by atoms with E-state index in [4.69, 9.17) is 4.74 Å². The van der Waals surface area contributed by atoms with E-state index in [-0.39, 0.29) is 19.1 Å². The minimum absolute atomic E-state index is 0.112. The Kier molecular flexibility index (Phi) is 4.49. The molecule has 1 atom stereocenters. The van der Waals surface area contributed by atoms with Crippen LogP contribution in [0.25, 0.3) is 0 Å². The quantitative estimate of drug-likeness (QED) is 0.785. The lowest BCUT2D eigenvalue weighted by molar-refractivity contribution is -0.138. The highest BCUT2D eigenvalue weighted by Crippen LogP contribution is 2.39. The molecule has 0 bridgehead atoms. The molecule has 4 rings (SSSR count). The Morgan fingerprint density at radius 2 is 1.89 bits per heavy atom. The van der Waals surface area contributed by atoms with Crippen LogP contribution in [-0.4, -0.2) is 41.1 Å². The molecule has 0 spiro atoms. The number of H-pyrrole nitrogens is 1. The van der Waals surface area contributed by atoms with Crippen molar-refractivity contribution in [2.24, 2.45) is 0 Å². The number of carbonyl (C=O) groups excluding carboxylic acids is 3. The number of nitrogens with one attached hydrogen (secondary N) is 2. The van der Waals surface area contributed by atoms with Crippen molar-refractivity contribution in [3.8, 4) is 0 Å². The second-order valence-electron chi connectivity index (χ2n) is 6.90. The first-order valence-corrected chi connectivity index (χ1v) is 8.92. The van der Waals surface area contributed by atoms with E-state index < -0.39 is 17.7 Å². The maximum absolute atomic E-state index is 12.5. The highest BCUT2D eigenvalue weighted by molar-refractivity contribution is 6.17. The Morgan fingerprint density at radius 1 is 1.22 bits per heavy atom. The molecule has 1 saturated carbocycles. The van der Waals surface area contributed by atoms with Gasteiger partial charge in [-0.3, -0.25) is 19.5 Å². The lowest BCUT2D eigenvalue weighted by Crippen LogP contribution is -2.46. The summed E-state index contributed by atoms with van der Waals surface area (Å²) >= 11 is 0. The Hall–Kier alpha value is -3.00. The number of aromatic amines is 1. The average molecular weight is 368 g/mol. The van der Waals surface area contributed by atoms with Crippen LogP contribution in [-0.2, 0) is 19.1 Å². The van der Waals surface area contributed by atoms with Crippen molar-refractivity contribution >= 4 is 29.2 Å². The molecule has 1 unspecified atom stereocenters. The number of aromatic nitrogens is 2. The zero-order chi connectivity index (χ0) is 19.0. The summed E-state index contributed by atoms with van der Waals surface area (Å²) in [5.74, 6) is -0.301. The van der Waals surface area contributed by atoms with Crippen molar-refractivity contribution < 1.29 is 19.1 Å². The highest BCUT2D eigenvalue weighted by Gasteiger charge is 2.29. The average Bonchev–Trinajstić information content (AvgIpc) is 3.41. The number of rotatable bonds is 5. The molecule has 1 aliphatic heterocycles. The Labute approximate surface area is 155 Å². The third-order valence-corrected chi connectivity index (χ3v) is 4.86. The first-order valence-electron chi connectivity index (χ1n) is 8.92. The van der Waals surface area contributed by atoms with Crippen LogP contribution in [0.15, 0.2) is 30.3 Å². The molecule has 2 N–H and O–H groups in total. The van der Waals surface area contributed by atoms with Crippen molar-refractivity contribution in [3.05, 3.63) is 41.6 Å². The number of hydrogen-bond donors (Lipinski definition) is 2. The number of nitrogens with zero attached hydrogens (tertiary/aromatic N) is 2. The van der Waals surface area contributed by atoms with E-state index >= 15 is 0 Å². The van der Waals surface area contributed by atoms with E-state index in [1.807, 2.05) is 6.07 Å². The van der Waals surface area contributed by atoms with Crippen molar-refractivity contribution in [2.75, 3.05) is 23.4 Å². The summed E-state index contributed by atoms with van der Waals surface area (Å²) < 4.78 is 4.91. The maximum Gasteiger partial charge on any atom is 0.259 e. The smallest absolute Gasteiger partial charge is 0.259 e. The van der Waals surface area contributed by atoms with Crippen LogP contribution in [0.4, 0.5) is 11.5 Å². The third-order valence-electron chi connectivity index (χ3n) is 4.86. The van der Waals surface area contributed by atoms with Gasteiger partial charge in [0.05, 0.1) is 11.6 Å². The van der Waals surface area contributed by atoms with Crippen LogP contribution in [0.2, 0.25) is 0 Å². The summed E-state index contributed by atoms with van der Waals surface area (Å²) in [5.41, 5.74) is 2.32. The second kappa shape index (κ2) is 6.96. The molecule has 1 aromatic heterocycles. The van der Waals surface area contributed by atoms with E-state index in [2.05, 4.69) is 15.5 Å². The highest BCUT2D eigenvalue weighted by atomic mass is 16.5. The molecular formula is C19H20N4O4. The van der Waals surface area contributed by atoms with Gasteiger partial charge >= 0.3 is 0 Å². The van der Waals surface area contributed by atoms with Gasteiger partial charge in [0.25, 0.3) is 11.8 Å². The number of imide groups is 1. The van der Waals surface area contributed by atoms with Crippen molar-refractivity contribution in [3.63, 3.8) is 0 Å². The summed E-state index contributed by atoms with van der Waals surface area (Å²) in [6.45, 7) is 1.57. The van der Waals surface area contributed by atoms with Crippen LogP contribution >= 0.6 is 0 Å². The predicted molar refractivity (Wildman–Crippen MR) is 97.4 cm³/mol. The zero-order valence-electron chi connectivity index (χ0n) is 14.9. The summed E-state index contributed by atoms with van der Waals surface area (Å²) in [6.07, 6.45) is 2.32. The van der Waals surface area contributed by atoms with Gasteiger partial charge in [0.2, 0.25) is 5.91 Å². The fraction of sp³-hybridized carbons (Fsp3) is 0.368. The lowest BCUT2D eigenvalue weighted by atomic mass is 10.00. The van der Waals surface area contributed by atoms with E-state index in [9.17, 15) is 14.4 Å². The molecular weight excluding hydrogens is 348 g/mol. The standard InChI is InChI=1S/C19H20N4O4/c1-11(19(26)20-16-8-15(21-22-16)13-2-3-13)12-4-6-14(7-5-12)23-17(24)9-27-10-18(23)25/h4-8,11,13H,2-3,9-10H2,1H3,(H2,20,21,22,26). The second-order valence-corrected chi connectivity index (χ2v) is 6.90. The SMILES string of the molecule is CC(C(=O)Nc1cc(C2CC2)[nH]n1)c1ccc(N2C(=O)COCC2=O)cc1. The van der Waals surface area contributed by atoms with Crippen molar-refractivity contribution in [1.82, 2.24) is 10.2 Å². The molecule has 27 heavy (non-hydrogen) atoms. The molecule has 8 heteroatoms. The number of morpholine rings is 1. The number of amides is 3. The summed E-state index contributed by atoms with van der Waals surface area (Å²) in [5, 5.41) is 9.91. The van der Waals surface area contributed by atoms with Crippen molar-refractivity contribution in [1.29, 1.82) is 0 Å². The first-order chi connectivity index (χ1) is 13.0. The predicted octanol–water partition coefficient (Wildman–Crippen LogP) is 1.92. The van der Waals surface area contributed by atoms with Crippen LogP contribution in [0.1, 0.15) is 42.9 Å². The van der Waals surface area contributed by atoms with Gasteiger partial charge in [0.1, 0.15) is 13.2 Å². The molecule has 1 aromatic carbocycles. The summed E-state index contributed by atoms with van der Waals surface area (Å²) in [6, 6.07) is 8.70. The van der Waals surface area contributed by atoms with E-state index in [1.165, 1.54) is 0 Å². The third kappa shape index (κ3) is 3.61. The van der Waals surface area contributed by atoms with E-state index in [0.717, 1.165) is 29.0 Å². The number of ether oxygens (including phenoxy) is 1. The van der Waals surface area contributed by atoms with Gasteiger partial charge in [0, 0.05) is 17.7 Å². The molecule has 140 valence electrons. The molecule has 3 amide bonds. The van der Waals surface area contributed by atoms with Gasteiger partial charge in [0.15, 0.2) is 5.82 Å². The van der Waals surface area contributed by atoms with Crippen molar-refractivity contribution in [2.45, 2.75) is 31.6 Å². The number of hydrogen-bond acceptors (Lipinski definition) is 5. The van der Waals surface area contributed by atoms with Gasteiger partial charge in [-0.2, -0.15) is 5.10 Å². The zero-order valence-corrected chi connectivity index (χ0v) is 14.9. The molecule has 1 aliphatic carbocycles. The van der Waals surface area contributed by atoms with Gasteiger partial charge in [-0.15, -0.1) is 0 Å². The molecule has 0 radical (unpaired) electrons. The van der Waals surface area contributed by atoms with E-state index in [0.29, 0.717) is 17.4 Å².